The zero-order valence-corrected chi connectivity index (χ0v) is 22.0. The minimum atomic E-state index is -0.164. The zero-order valence-electron chi connectivity index (χ0n) is 21.3. The number of carbonyl (C=O) groups excluding carboxylic acids is 2. The predicted molar refractivity (Wildman–Crippen MR) is 149 cm³/mol. The van der Waals surface area contributed by atoms with Crippen LogP contribution in [0.2, 0.25) is 5.02 Å². The van der Waals surface area contributed by atoms with Crippen LogP contribution in [0.15, 0.2) is 109 Å². The second-order valence-electron chi connectivity index (χ2n) is 8.17. The highest BCUT2D eigenvalue weighted by Gasteiger charge is 2.17. The van der Waals surface area contributed by atoms with Gasteiger partial charge in [0.05, 0.1) is 7.11 Å². The van der Waals surface area contributed by atoms with Crippen LogP contribution < -0.4 is 4.74 Å². The lowest BCUT2D eigenvalue weighted by Gasteiger charge is -2.12. The van der Waals surface area contributed by atoms with Crippen molar-refractivity contribution in [2.24, 2.45) is 0 Å². The Kier molecular flexibility index (Phi) is 12.2. The number of hydrogen-bond donors (Lipinski definition) is 0. The molecular weight excluding hydrogens is 468 g/mol. The number of ether oxygens (including phenoxy) is 1. The first-order chi connectivity index (χ1) is 17.3. The lowest BCUT2D eigenvalue weighted by atomic mass is 9.92. The fourth-order valence-electron chi connectivity index (χ4n) is 3.35. The van der Waals surface area contributed by atoms with E-state index in [0.29, 0.717) is 6.42 Å². The van der Waals surface area contributed by atoms with Gasteiger partial charge in [-0.3, -0.25) is 9.59 Å². The summed E-state index contributed by atoms with van der Waals surface area (Å²) in [5.41, 5.74) is 3.73. The van der Waals surface area contributed by atoms with Gasteiger partial charge >= 0.3 is 0 Å². The molecule has 0 N–H and O–H groups in total. The van der Waals surface area contributed by atoms with Crippen LogP contribution in [0.1, 0.15) is 58.0 Å². The zero-order chi connectivity index (χ0) is 26.3. The van der Waals surface area contributed by atoms with Crippen molar-refractivity contribution in [2.45, 2.75) is 33.1 Å². The van der Waals surface area contributed by atoms with Crippen LogP contribution in [0.4, 0.5) is 0 Å². The highest BCUT2D eigenvalue weighted by atomic mass is 35.5. The first kappa shape index (κ1) is 28.5. The van der Waals surface area contributed by atoms with Crippen molar-refractivity contribution >= 4 is 23.2 Å². The van der Waals surface area contributed by atoms with Gasteiger partial charge in [-0.1, -0.05) is 110 Å². The van der Waals surface area contributed by atoms with E-state index in [9.17, 15) is 9.59 Å². The van der Waals surface area contributed by atoms with Crippen molar-refractivity contribution in [3.05, 3.63) is 136 Å². The molecule has 0 saturated heterocycles. The highest BCUT2D eigenvalue weighted by molar-refractivity contribution is 6.30. The fourth-order valence-corrected chi connectivity index (χ4v) is 3.59. The number of benzene rings is 4. The summed E-state index contributed by atoms with van der Waals surface area (Å²) < 4.78 is 5.18. The SMILES string of the molecule is CCC(=O)c1ccccc1.COc1cccc(C(C)C(=O)c2ccccc2)c1.Cc1cccc(Cl)c1. The molecule has 0 heterocycles. The van der Waals surface area contributed by atoms with Crippen LogP contribution in [0, 0.1) is 6.92 Å². The van der Waals surface area contributed by atoms with Crippen LogP contribution in [-0.2, 0) is 0 Å². The first-order valence-electron chi connectivity index (χ1n) is 11.9. The van der Waals surface area contributed by atoms with Gasteiger partial charge in [0.2, 0.25) is 0 Å². The molecule has 3 nitrogen and oxygen atoms in total. The van der Waals surface area contributed by atoms with Gasteiger partial charge in [0.1, 0.15) is 5.75 Å². The van der Waals surface area contributed by atoms with E-state index < -0.39 is 0 Å². The molecule has 4 rings (SSSR count). The molecule has 4 aromatic rings. The Morgan fingerprint density at radius 3 is 1.86 bits per heavy atom. The molecular formula is C32H33ClO3. The molecule has 4 heteroatoms. The quantitative estimate of drug-likeness (QED) is 0.249. The number of rotatable bonds is 6. The molecule has 1 unspecified atom stereocenters. The highest BCUT2D eigenvalue weighted by Crippen LogP contribution is 2.23. The fraction of sp³-hybridized carbons (Fsp3) is 0.188. The third kappa shape index (κ3) is 9.52. The Labute approximate surface area is 219 Å². The van der Waals surface area contributed by atoms with Crippen molar-refractivity contribution in [2.75, 3.05) is 7.11 Å². The smallest absolute Gasteiger partial charge is 0.170 e. The molecule has 186 valence electrons. The van der Waals surface area contributed by atoms with Gasteiger partial charge in [-0.25, -0.2) is 0 Å². The monoisotopic (exact) mass is 500 g/mol. The minimum absolute atomic E-state index is 0.129. The molecule has 4 aromatic carbocycles. The minimum Gasteiger partial charge on any atom is -0.497 e. The molecule has 0 aliphatic carbocycles. The Hall–Kier alpha value is -3.69. The molecule has 0 radical (unpaired) electrons. The van der Waals surface area contributed by atoms with Crippen molar-refractivity contribution in [1.29, 1.82) is 0 Å². The van der Waals surface area contributed by atoms with Crippen molar-refractivity contribution < 1.29 is 14.3 Å². The Balaban J connectivity index is 0.000000213. The Morgan fingerprint density at radius 2 is 1.36 bits per heavy atom. The van der Waals surface area contributed by atoms with Gasteiger partial charge in [0, 0.05) is 28.5 Å². The summed E-state index contributed by atoms with van der Waals surface area (Å²) in [6.07, 6.45) is 0.587. The standard InChI is InChI=1S/C16H16O2.C9H10O.C7H7Cl/c1-12(14-9-6-10-15(11-14)18-2)16(17)13-7-4-3-5-8-13;1-2-9(10)8-6-4-3-5-7-8;1-6-3-2-4-7(8)5-6/h3-12H,1-2H3;3-7H,2H2,1H3;2-5H,1H3. The van der Waals surface area contributed by atoms with Gasteiger partial charge in [-0.05, 0) is 42.3 Å². The number of ketones is 2. The third-order valence-corrected chi connectivity index (χ3v) is 5.68. The van der Waals surface area contributed by atoms with Gasteiger partial charge in [0.15, 0.2) is 11.6 Å². The number of carbonyl (C=O) groups is 2. The average molecular weight is 501 g/mol. The summed E-state index contributed by atoms with van der Waals surface area (Å²) in [7, 11) is 1.63. The topological polar surface area (TPSA) is 43.4 Å². The number of hydrogen-bond acceptors (Lipinski definition) is 3. The van der Waals surface area contributed by atoms with E-state index in [1.54, 1.807) is 7.11 Å². The number of Topliss-reactive ketones (excluding diaryl/α,β-unsaturated/α-hetero) is 2. The molecule has 1 atom stereocenters. The van der Waals surface area contributed by atoms with E-state index in [-0.39, 0.29) is 17.5 Å². The first-order valence-corrected chi connectivity index (χ1v) is 12.3. The number of methoxy groups -OCH3 is 1. The van der Waals surface area contributed by atoms with E-state index >= 15 is 0 Å². The summed E-state index contributed by atoms with van der Waals surface area (Å²) in [5.74, 6) is 0.951. The molecule has 36 heavy (non-hydrogen) atoms. The number of halogens is 1. The molecule has 0 aliphatic heterocycles. The van der Waals surface area contributed by atoms with Crippen LogP contribution in [-0.4, -0.2) is 18.7 Å². The van der Waals surface area contributed by atoms with Crippen molar-refractivity contribution in [3.63, 3.8) is 0 Å². The van der Waals surface area contributed by atoms with Crippen LogP contribution in [0.5, 0.6) is 5.75 Å². The molecule has 0 bridgehead atoms. The molecule has 0 aliphatic rings. The van der Waals surface area contributed by atoms with E-state index in [1.165, 1.54) is 5.56 Å². The summed E-state index contributed by atoms with van der Waals surface area (Å²) >= 11 is 5.64. The molecule has 0 spiro atoms. The second-order valence-corrected chi connectivity index (χ2v) is 8.61. The molecule has 0 aromatic heterocycles. The second kappa shape index (κ2) is 15.3. The lowest BCUT2D eigenvalue weighted by Crippen LogP contribution is -2.09. The number of aryl methyl sites for hydroxylation is 1. The third-order valence-electron chi connectivity index (χ3n) is 5.44. The van der Waals surface area contributed by atoms with Gasteiger partial charge in [-0.15, -0.1) is 0 Å². The summed E-state index contributed by atoms with van der Waals surface area (Å²) in [4.78, 5) is 23.3. The van der Waals surface area contributed by atoms with Crippen LogP contribution >= 0.6 is 11.6 Å². The van der Waals surface area contributed by atoms with E-state index in [2.05, 4.69) is 0 Å². The van der Waals surface area contributed by atoms with Gasteiger partial charge in [-0.2, -0.15) is 0 Å². The normalized spacial score (nSPS) is 10.6. The van der Waals surface area contributed by atoms with Crippen molar-refractivity contribution in [1.82, 2.24) is 0 Å². The Morgan fingerprint density at radius 1 is 0.778 bits per heavy atom. The largest absolute Gasteiger partial charge is 0.497 e. The average Bonchev–Trinajstić information content (AvgIpc) is 2.93. The van der Waals surface area contributed by atoms with Gasteiger partial charge < -0.3 is 4.74 Å². The van der Waals surface area contributed by atoms with Crippen molar-refractivity contribution in [3.8, 4) is 5.75 Å². The Bertz CT molecular complexity index is 1200. The maximum absolute atomic E-state index is 12.3. The van der Waals surface area contributed by atoms with E-state index in [0.717, 1.165) is 27.5 Å². The van der Waals surface area contributed by atoms with E-state index in [1.807, 2.05) is 130 Å². The summed E-state index contributed by atoms with van der Waals surface area (Å²) in [6, 6.07) is 34.1. The van der Waals surface area contributed by atoms with E-state index in [4.69, 9.17) is 16.3 Å². The van der Waals surface area contributed by atoms with Crippen LogP contribution in [0.3, 0.4) is 0 Å². The summed E-state index contributed by atoms with van der Waals surface area (Å²) in [5, 5.41) is 0.810. The molecule has 0 saturated carbocycles. The lowest BCUT2D eigenvalue weighted by molar-refractivity contribution is 0.0963. The van der Waals surface area contributed by atoms with Gasteiger partial charge in [0.25, 0.3) is 0 Å². The maximum Gasteiger partial charge on any atom is 0.170 e. The maximum atomic E-state index is 12.3. The summed E-state index contributed by atoms with van der Waals surface area (Å²) in [6.45, 7) is 5.81. The van der Waals surface area contributed by atoms with Crippen LogP contribution in [0.25, 0.3) is 0 Å². The molecule has 0 fully saturated rings. The predicted octanol–water partition coefficient (Wildman–Crippen LogP) is 8.61. The molecule has 0 amide bonds.